The fraction of sp³-hybridized carbons (Fsp3) is 0.125. The van der Waals surface area contributed by atoms with Crippen molar-refractivity contribution in [1.29, 1.82) is 0 Å². The molecule has 0 atom stereocenters. The lowest BCUT2D eigenvalue weighted by Crippen LogP contribution is -1.83. The highest BCUT2D eigenvalue weighted by Gasteiger charge is 2.08. The summed E-state index contributed by atoms with van der Waals surface area (Å²) in [6.45, 7) is 1.82. The van der Waals surface area contributed by atoms with Crippen molar-refractivity contribution in [2.45, 2.75) is 6.92 Å². The molecule has 0 spiro atoms. The zero-order valence-corrected chi connectivity index (χ0v) is 7.11. The minimum absolute atomic E-state index is 0.305. The fourth-order valence-electron chi connectivity index (χ4n) is 1.23. The average Bonchev–Trinajstić information content (AvgIpc) is 2.42. The van der Waals surface area contributed by atoms with Crippen LogP contribution in [0.3, 0.4) is 0 Å². The second kappa shape index (κ2) is 2.45. The van der Waals surface area contributed by atoms with E-state index in [4.69, 9.17) is 11.6 Å². The van der Waals surface area contributed by atoms with Crippen LogP contribution in [0, 0.1) is 12.7 Å². The molecule has 0 bridgehead atoms. The van der Waals surface area contributed by atoms with E-state index in [2.05, 4.69) is 9.97 Å². The van der Waals surface area contributed by atoms with Crippen molar-refractivity contribution >= 4 is 22.5 Å². The SMILES string of the molecule is Cc1c[nH]c2c(Cl)ncc(F)c12. The maximum Gasteiger partial charge on any atom is 0.153 e. The number of rotatable bonds is 0. The third-order valence-electron chi connectivity index (χ3n) is 1.81. The molecule has 4 heteroatoms. The smallest absolute Gasteiger partial charge is 0.153 e. The Morgan fingerprint density at radius 3 is 3.00 bits per heavy atom. The molecule has 0 amide bonds. The van der Waals surface area contributed by atoms with Gasteiger partial charge >= 0.3 is 0 Å². The predicted molar refractivity (Wildman–Crippen MR) is 45.8 cm³/mol. The first-order valence-corrected chi connectivity index (χ1v) is 3.85. The highest BCUT2D eigenvalue weighted by Crippen LogP contribution is 2.24. The van der Waals surface area contributed by atoms with Gasteiger partial charge < -0.3 is 4.98 Å². The number of hydrogen-bond donors (Lipinski definition) is 1. The molecule has 0 aliphatic rings. The van der Waals surface area contributed by atoms with Crippen molar-refractivity contribution < 1.29 is 4.39 Å². The van der Waals surface area contributed by atoms with Crippen LogP contribution < -0.4 is 0 Å². The summed E-state index contributed by atoms with van der Waals surface area (Å²) in [6, 6.07) is 0. The minimum atomic E-state index is -0.340. The Labute approximate surface area is 73.4 Å². The number of aromatic amines is 1. The summed E-state index contributed by atoms with van der Waals surface area (Å²) in [4.78, 5) is 6.54. The van der Waals surface area contributed by atoms with E-state index in [0.717, 1.165) is 11.8 Å². The van der Waals surface area contributed by atoms with Crippen LogP contribution in [-0.2, 0) is 0 Å². The molecular weight excluding hydrogens is 179 g/mol. The number of hydrogen-bond acceptors (Lipinski definition) is 1. The molecule has 2 nitrogen and oxygen atoms in total. The van der Waals surface area contributed by atoms with E-state index >= 15 is 0 Å². The van der Waals surface area contributed by atoms with Crippen LogP contribution >= 0.6 is 11.6 Å². The average molecular weight is 185 g/mol. The third kappa shape index (κ3) is 0.898. The molecule has 0 unspecified atom stereocenters. The standard InChI is InChI=1S/C8H6ClFN2/c1-4-2-11-7-6(4)5(10)3-12-8(7)9/h2-3,11H,1H3. The molecular formula is C8H6ClFN2. The Morgan fingerprint density at radius 2 is 2.33 bits per heavy atom. The van der Waals surface area contributed by atoms with Gasteiger partial charge in [0.25, 0.3) is 0 Å². The monoisotopic (exact) mass is 184 g/mol. The number of H-pyrrole nitrogens is 1. The maximum absolute atomic E-state index is 13.1. The van der Waals surface area contributed by atoms with Crippen molar-refractivity contribution in [2.75, 3.05) is 0 Å². The van der Waals surface area contributed by atoms with E-state index in [1.54, 1.807) is 6.20 Å². The lowest BCUT2D eigenvalue weighted by molar-refractivity contribution is 0.633. The summed E-state index contributed by atoms with van der Waals surface area (Å²) in [5.74, 6) is -0.340. The second-order valence-electron chi connectivity index (χ2n) is 2.62. The van der Waals surface area contributed by atoms with Crippen molar-refractivity contribution in [3.8, 4) is 0 Å². The van der Waals surface area contributed by atoms with Gasteiger partial charge in [0.05, 0.1) is 11.7 Å². The van der Waals surface area contributed by atoms with Crippen LogP contribution in [0.5, 0.6) is 0 Å². The molecule has 0 aliphatic carbocycles. The maximum atomic E-state index is 13.1. The highest BCUT2D eigenvalue weighted by molar-refractivity contribution is 6.33. The van der Waals surface area contributed by atoms with Gasteiger partial charge in [0.2, 0.25) is 0 Å². The topological polar surface area (TPSA) is 28.7 Å². The van der Waals surface area contributed by atoms with Gasteiger partial charge in [-0.1, -0.05) is 11.6 Å². The largest absolute Gasteiger partial charge is 0.358 e. The first-order valence-electron chi connectivity index (χ1n) is 3.48. The van der Waals surface area contributed by atoms with Crippen LogP contribution in [0.4, 0.5) is 4.39 Å². The molecule has 12 heavy (non-hydrogen) atoms. The van der Waals surface area contributed by atoms with Gasteiger partial charge in [0.1, 0.15) is 0 Å². The van der Waals surface area contributed by atoms with Crippen LogP contribution in [0.15, 0.2) is 12.4 Å². The molecule has 0 aromatic carbocycles. The van der Waals surface area contributed by atoms with Crippen LogP contribution in [0.1, 0.15) is 5.56 Å². The quantitative estimate of drug-likeness (QED) is 0.627. The van der Waals surface area contributed by atoms with Gasteiger partial charge in [-0.15, -0.1) is 0 Å². The minimum Gasteiger partial charge on any atom is -0.358 e. The Morgan fingerprint density at radius 1 is 1.58 bits per heavy atom. The summed E-state index contributed by atoms with van der Waals surface area (Å²) >= 11 is 5.73. The Hall–Kier alpha value is -1.09. The molecule has 0 radical (unpaired) electrons. The predicted octanol–water partition coefficient (Wildman–Crippen LogP) is 2.66. The van der Waals surface area contributed by atoms with Crippen molar-refractivity contribution in [1.82, 2.24) is 9.97 Å². The molecule has 0 fully saturated rings. The van der Waals surface area contributed by atoms with E-state index in [1.807, 2.05) is 6.92 Å². The number of pyridine rings is 1. The van der Waals surface area contributed by atoms with Gasteiger partial charge in [-0.25, -0.2) is 9.37 Å². The molecule has 0 saturated heterocycles. The molecule has 2 rings (SSSR count). The Bertz CT molecular complexity index is 436. The Kier molecular flexibility index (Phi) is 1.54. The number of nitrogens with one attached hydrogen (secondary N) is 1. The number of aryl methyl sites for hydroxylation is 1. The normalized spacial score (nSPS) is 10.9. The number of fused-ring (bicyclic) bond motifs is 1. The lowest BCUT2D eigenvalue weighted by atomic mass is 10.2. The zero-order valence-electron chi connectivity index (χ0n) is 6.36. The zero-order chi connectivity index (χ0) is 8.72. The summed E-state index contributed by atoms with van der Waals surface area (Å²) in [7, 11) is 0. The summed E-state index contributed by atoms with van der Waals surface area (Å²) < 4.78 is 13.1. The van der Waals surface area contributed by atoms with Gasteiger partial charge in [-0.2, -0.15) is 0 Å². The molecule has 0 aliphatic heterocycles. The van der Waals surface area contributed by atoms with Gasteiger partial charge in [-0.3, -0.25) is 0 Å². The molecule has 2 aromatic rings. The van der Waals surface area contributed by atoms with E-state index in [9.17, 15) is 4.39 Å². The number of halogens is 2. The first kappa shape index (κ1) is 7.55. The van der Waals surface area contributed by atoms with Crippen molar-refractivity contribution in [2.24, 2.45) is 0 Å². The van der Waals surface area contributed by atoms with Crippen molar-refractivity contribution in [3.05, 3.63) is 28.9 Å². The molecule has 1 N–H and O–H groups in total. The summed E-state index contributed by atoms with van der Waals surface area (Å²) in [6.07, 6.45) is 2.84. The number of nitrogens with zero attached hydrogens (tertiary/aromatic N) is 1. The Balaban J connectivity index is 2.98. The molecule has 2 aromatic heterocycles. The fourth-order valence-corrected chi connectivity index (χ4v) is 1.43. The van der Waals surface area contributed by atoms with E-state index < -0.39 is 0 Å². The summed E-state index contributed by atoms with van der Waals surface area (Å²) in [5, 5.41) is 0.828. The number of aromatic nitrogens is 2. The van der Waals surface area contributed by atoms with Crippen LogP contribution in [0.25, 0.3) is 10.9 Å². The van der Waals surface area contributed by atoms with Crippen LogP contribution in [0.2, 0.25) is 5.15 Å². The van der Waals surface area contributed by atoms with Gasteiger partial charge in [-0.05, 0) is 12.5 Å². The lowest BCUT2D eigenvalue weighted by Gasteiger charge is -1.94. The van der Waals surface area contributed by atoms with Crippen LogP contribution in [-0.4, -0.2) is 9.97 Å². The van der Waals surface area contributed by atoms with E-state index in [1.165, 1.54) is 0 Å². The molecule has 0 saturated carbocycles. The van der Waals surface area contributed by atoms with Gasteiger partial charge in [0.15, 0.2) is 11.0 Å². The molecule has 2 heterocycles. The van der Waals surface area contributed by atoms with E-state index in [0.29, 0.717) is 16.1 Å². The first-order chi connectivity index (χ1) is 5.70. The second-order valence-corrected chi connectivity index (χ2v) is 2.98. The van der Waals surface area contributed by atoms with Gasteiger partial charge in [0, 0.05) is 11.6 Å². The third-order valence-corrected chi connectivity index (χ3v) is 2.10. The highest BCUT2D eigenvalue weighted by atomic mass is 35.5. The summed E-state index contributed by atoms with van der Waals surface area (Å²) in [5.41, 5.74) is 1.40. The molecule has 62 valence electrons. The van der Waals surface area contributed by atoms with Crippen molar-refractivity contribution in [3.63, 3.8) is 0 Å². The van der Waals surface area contributed by atoms with E-state index in [-0.39, 0.29) is 5.82 Å².